The summed E-state index contributed by atoms with van der Waals surface area (Å²) in [6.45, 7) is 6.62. The maximum atomic E-state index is 11.6. The van der Waals surface area contributed by atoms with Gasteiger partial charge in [-0.3, -0.25) is 9.79 Å². The quantitative estimate of drug-likeness (QED) is 0.310. The van der Waals surface area contributed by atoms with Gasteiger partial charge in [0, 0.05) is 32.1 Å². The average Bonchev–Trinajstić information content (AvgIpc) is 3.19. The lowest BCUT2D eigenvalue weighted by Crippen LogP contribution is -2.43. The highest BCUT2D eigenvalue weighted by atomic mass is 127. The van der Waals surface area contributed by atoms with Crippen molar-refractivity contribution in [2.75, 3.05) is 32.7 Å². The van der Waals surface area contributed by atoms with E-state index in [1.165, 1.54) is 25.7 Å². The summed E-state index contributed by atoms with van der Waals surface area (Å²) in [7, 11) is 0. The Hall–Kier alpha value is -0.530. The number of carbonyl (C=O) groups excluding carboxylic acids is 1. The molecule has 0 aromatic rings. The number of likely N-dealkylation sites (tertiary alicyclic amines) is 1. The Labute approximate surface area is 150 Å². The molecule has 22 heavy (non-hydrogen) atoms. The molecule has 2 saturated carbocycles. The number of amides is 1. The first-order chi connectivity index (χ1) is 10.2. The number of halogens is 1. The van der Waals surface area contributed by atoms with Crippen molar-refractivity contribution in [3.8, 4) is 0 Å². The van der Waals surface area contributed by atoms with Crippen LogP contribution in [0, 0.1) is 11.3 Å². The Bertz CT molecular complexity index is 418. The maximum Gasteiger partial charge on any atom is 0.223 e. The molecule has 2 N–H and O–H groups in total. The lowest BCUT2D eigenvalue weighted by atomic mass is 9.68. The number of hydrogen-bond acceptors (Lipinski definition) is 2. The number of hydrogen-bond donors (Lipinski definition) is 2. The summed E-state index contributed by atoms with van der Waals surface area (Å²) in [5, 5.41) is 6.38. The summed E-state index contributed by atoms with van der Waals surface area (Å²) in [5.41, 5.74) is 0.594. The second-order valence-corrected chi connectivity index (χ2v) is 6.83. The van der Waals surface area contributed by atoms with E-state index in [1.54, 1.807) is 0 Å². The molecule has 3 rings (SSSR count). The minimum Gasteiger partial charge on any atom is -0.357 e. The van der Waals surface area contributed by atoms with Crippen LogP contribution in [0.25, 0.3) is 0 Å². The first kappa shape index (κ1) is 17.8. The second kappa shape index (κ2) is 7.84. The zero-order valence-corrected chi connectivity index (χ0v) is 15.9. The van der Waals surface area contributed by atoms with Gasteiger partial charge in [0.1, 0.15) is 0 Å². The summed E-state index contributed by atoms with van der Waals surface area (Å²) in [6.07, 6.45) is 7.62. The molecule has 0 bridgehead atoms. The van der Waals surface area contributed by atoms with Crippen molar-refractivity contribution in [2.24, 2.45) is 16.3 Å². The monoisotopic (exact) mass is 420 g/mol. The first-order valence-corrected chi connectivity index (χ1v) is 8.53. The molecule has 1 saturated heterocycles. The predicted molar refractivity (Wildman–Crippen MR) is 99.6 cm³/mol. The van der Waals surface area contributed by atoms with Crippen LogP contribution in [0.3, 0.4) is 0 Å². The van der Waals surface area contributed by atoms with Gasteiger partial charge in [0.25, 0.3) is 0 Å². The number of rotatable bonds is 5. The van der Waals surface area contributed by atoms with E-state index in [0.717, 1.165) is 38.4 Å². The maximum absolute atomic E-state index is 11.6. The summed E-state index contributed by atoms with van der Waals surface area (Å²) in [5.74, 6) is 1.53. The van der Waals surface area contributed by atoms with E-state index in [2.05, 4.69) is 27.4 Å². The molecule has 126 valence electrons. The Morgan fingerprint density at radius 3 is 2.59 bits per heavy atom. The number of guanidine groups is 1. The molecule has 0 unspecified atom stereocenters. The van der Waals surface area contributed by atoms with Gasteiger partial charge in [0.05, 0.1) is 6.54 Å². The molecule has 1 aliphatic heterocycles. The molecule has 0 radical (unpaired) electrons. The second-order valence-electron chi connectivity index (χ2n) is 6.83. The largest absolute Gasteiger partial charge is 0.357 e. The fourth-order valence-corrected chi connectivity index (χ4v) is 3.46. The van der Waals surface area contributed by atoms with Gasteiger partial charge in [-0.15, -0.1) is 24.0 Å². The molecule has 0 aromatic carbocycles. The molecule has 5 nitrogen and oxygen atoms in total. The van der Waals surface area contributed by atoms with Crippen LogP contribution in [0.15, 0.2) is 4.99 Å². The fraction of sp³-hybridized carbons (Fsp3) is 0.875. The van der Waals surface area contributed by atoms with E-state index in [-0.39, 0.29) is 29.9 Å². The molecule has 2 aliphatic carbocycles. The molecular formula is C16H29IN4O. The van der Waals surface area contributed by atoms with Crippen LogP contribution < -0.4 is 10.6 Å². The minimum absolute atomic E-state index is 0. The third-order valence-corrected chi connectivity index (χ3v) is 5.11. The van der Waals surface area contributed by atoms with Crippen molar-refractivity contribution in [2.45, 2.75) is 45.4 Å². The summed E-state index contributed by atoms with van der Waals surface area (Å²) in [6, 6.07) is 0. The van der Waals surface area contributed by atoms with Crippen LogP contribution in [0.1, 0.15) is 45.4 Å². The van der Waals surface area contributed by atoms with Crippen molar-refractivity contribution in [3.05, 3.63) is 0 Å². The van der Waals surface area contributed by atoms with E-state index in [9.17, 15) is 4.79 Å². The van der Waals surface area contributed by atoms with Crippen LogP contribution in [0.2, 0.25) is 0 Å². The van der Waals surface area contributed by atoms with Gasteiger partial charge < -0.3 is 15.5 Å². The van der Waals surface area contributed by atoms with Crippen LogP contribution in [0.4, 0.5) is 0 Å². The Balaban J connectivity index is 0.00000176. The molecule has 0 atom stereocenters. The lowest BCUT2D eigenvalue weighted by molar-refractivity contribution is -0.122. The molecule has 1 amide bonds. The van der Waals surface area contributed by atoms with Gasteiger partial charge in [-0.2, -0.15) is 0 Å². The van der Waals surface area contributed by atoms with Crippen molar-refractivity contribution < 1.29 is 4.79 Å². The topological polar surface area (TPSA) is 56.7 Å². The van der Waals surface area contributed by atoms with Gasteiger partial charge in [0.2, 0.25) is 5.91 Å². The van der Waals surface area contributed by atoms with Crippen LogP contribution >= 0.6 is 24.0 Å². The van der Waals surface area contributed by atoms with Gasteiger partial charge in [-0.25, -0.2) is 0 Å². The van der Waals surface area contributed by atoms with Gasteiger partial charge in [-0.05, 0) is 44.4 Å². The van der Waals surface area contributed by atoms with E-state index < -0.39 is 0 Å². The highest BCUT2D eigenvalue weighted by molar-refractivity contribution is 14.0. The standard InChI is InChI=1S/C16H28N4O.HI/c1-2-17-15(19-10-9-18-14(21)13-4-5-13)20-11-8-16(12-20)6-3-7-16;/h13H,2-12H2,1H3,(H,17,19)(H,18,21);1H. The van der Waals surface area contributed by atoms with Crippen molar-refractivity contribution in [1.29, 1.82) is 0 Å². The molecule has 3 aliphatic rings. The SMILES string of the molecule is CCNC(=NCCNC(=O)C1CC1)N1CCC2(CCC2)C1.I. The number of nitrogens with zero attached hydrogens (tertiary/aromatic N) is 2. The van der Waals surface area contributed by atoms with E-state index in [4.69, 9.17) is 0 Å². The van der Waals surface area contributed by atoms with Gasteiger partial charge in [-0.1, -0.05) is 6.42 Å². The zero-order valence-electron chi connectivity index (χ0n) is 13.6. The van der Waals surface area contributed by atoms with E-state index >= 15 is 0 Å². The predicted octanol–water partition coefficient (Wildman–Crippen LogP) is 1.97. The zero-order chi connectivity index (χ0) is 14.7. The summed E-state index contributed by atoms with van der Waals surface area (Å²) < 4.78 is 0. The number of aliphatic imine (C=N–C) groups is 1. The Morgan fingerprint density at radius 2 is 2.05 bits per heavy atom. The Kier molecular flexibility index (Phi) is 6.35. The first-order valence-electron chi connectivity index (χ1n) is 8.53. The summed E-state index contributed by atoms with van der Waals surface area (Å²) >= 11 is 0. The lowest BCUT2D eigenvalue weighted by Gasteiger charge is -2.38. The Morgan fingerprint density at radius 1 is 1.27 bits per heavy atom. The van der Waals surface area contributed by atoms with E-state index in [0.29, 0.717) is 24.4 Å². The molecule has 3 fully saturated rings. The van der Waals surface area contributed by atoms with Crippen molar-refractivity contribution >= 4 is 35.8 Å². The van der Waals surface area contributed by atoms with E-state index in [1.807, 2.05) is 0 Å². The smallest absolute Gasteiger partial charge is 0.223 e. The van der Waals surface area contributed by atoms with Crippen LogP contribution in [0.5, 0.6) is 0 Å². The van der Waals surface area contributed by atoms with Crippen LogP contribution in [-0.4, -0.2) is 49.5 Å². The van der Waals surface area contributed by atoms with Crippen LogP contribution in [-0.2, 0) is 4.79 Å². The third-order valence-electron chi connectivity index (χ3n) is 5.11. The summed E-state index contributed by atoms with van der Waals surface area (Å²) in [4.78, 5) is 18.7. The molecular weight excluding hydrogens is 391 g/mol. The minimum atomic E-state index is 0. The normalized spacial score (nSPS) is 23.0. The number of nitrogens with one attached hydrogen (secondary N) is 2. The average molecular weight is 420 g/mol. The van der Waals surface area contributed by atoms with Crippen molar-refractivity contribution in [1.82, 2.24) is 15.5 Å². The van der Waals surface area contributed by atoms with Gasteiger partial charge >= 0.3 is 0 Å². The van der Waals surface area contributed by atoms with Gasteiger partial charge in [0.15, 0.2) is 5.96 Å². The fourth-order valence-electron chi connectivity index (χ4n) is 3.46. The molecule has 1 heterocycles. The molecule has 0 aromatic heterocycles. The molecule has 1 spiro atoms. The van der Waals surface area contributed by atoms with Crippen molar-refractivity contribution in [3.63, 3.8) is 0 Å². The highest BCUT2D eigenvalue weighted by Gasteiger charge is 2.43. The number of carbonyl (C=O) groups is 1. The third kappa shape index (κ3) is 4.26. The highest BCUT2D eigenvalue weighted by Crippen LogP contribution is 2.47. The molecule has 6 heteroatoms.